The third kappa shape index (κ3) is 5.17. The average molecular weight is 349 g/mol. The lowest BCUT2D eigenvalue weighted by molar-refractivity contribution is 0.270. The number of rotatable bonds is 8. The molecule has 0 unspecified atom stereocenters. The quantitative estimate of drug-likeness (QED) is 0.630. The van der Waals surface area contributed by atoms with E-state index in [0.717, 1.165) is 26.1 Å². The molecule has 3 rings (SSSR count). The lowest BCUT2D eigenvalue weighted by Crippen LogP contribution is -2.28. The molecule has 0 amide bonds. The molecule has 1 N–H and O–H groups in total. The summed E-state index contributed by atoms with van der Waals surface area (Å²) in [6.07, 6.45) is 1.53. The van der Waals surface area contributed by atoms with Crippen LogP contribution in [0.25, 0.3) is 0 Å². The summed E-state index contributed by atoms with van der Waals surface area (Å²) in [5.74, 6) is -0.781. The van der Waals surface area contributed by atoms with Crippen LogP contribution in [-0.2, 0) is 19.4 Å². The van der Waals surface area contributed by atoms with Gasteiger partial charge in [0, 0.05) is 19.6 Å². The highest BCUT2D eigenvalue weighted by Gasteiger charge is 2.11. The van der Waals surface area contributed by atoms with Gasteiger partial charge in [-0.2, -0.15) is 0 Å². The van der Waals surface area contributed by atoms with Gasteiger partial charge in [0.05, 0.1) is 0 Å². The minimum atomic E-state index is -0.504. The number of benzene rings is 3. The summed E-state index contributed by atoms with van der Waals surface area (Å²) in [5, 5.41) is 9.56. The Bertz CT molecular complexity index is 805. The van der Waals surface area contributed by atoms with E-state index in [2.05, 4.69) is 41.3 Å². The van der Waals surface area contributed by atoms with Crippen molar-refractivity contribution in [2.24, 2.45) is 0 Å². The van der Waals surface area contributed by atoms with Gasteiger partial charge in [-0.3, -0.25) is 4.90 Å². The fraction of sp³-hybridized carbons (Fsp3) is 0.217. The van der Waals surface area contributed by atoms with Crippen molar-refractivity contribution in [3.63, 3.8) is 0 Å². The van der Waals surface area contributed by atoms with Crippen LogP contribution in [-0.4, -0.2) is 23.1 Å². The number of halogens is 1. The molecule has 0 bridgehead atoms. The van der Waals surface area contributed by atoms with Gasteiger partial charge in [0.2, 0.25) is 0 Å². The molecule has 0 aliphatic rings. The minimum absolute atomic E-state index is 0.276. The van der Waals surface area contributed by atoms with Gasteiger partial charge in [-0.25, -0.2) is 4.39 Å². The number of phenolic OH excluding ortho intramolecular Hbond substituents is 1. The number of aromatic hydroxyl groups is 1. The molecule has 0 radical (unpaired) electrons. The van der Waals surface area contributed by atoms with E-state index >= 15 is 0 Å². The molecular weight excluding hydrogens is 325 g/mol. The van der Waals surface area contributed by atoms with Crippen molar-refractivity contribution in [3.05, 3.63) is 101 Å². The largest absolute Gasteiger partial charge is 0.505 e. The number of hydrogen-bond acceptors (Lipinski definition) is 2. The highest BCUT2D eigenvalue weighted by Crippen LogP contribution is 2.19. The zero-order valence-electron chi connectivity index (χ0n) is 14.8. The topological polar surface area (TPSA) is 23.5 Å². The monoisotopic (exact) mass is 349 g/mol. The van der Waals surface area contributed by atoms with Gasteiger partial charge in [0.15, 0.2) is 11.6 Å². The van der Waals surface area contributed by atoms with E-state index in [0.29, 0.717) is 12.0 Å². The summed E-state index contributed by atoms with van der Waals surface area (Å²) < 4.78 is 14.1. The van der Waals surface area contributed by atoms with Gasteiger partial charge >= 0.3 is 0 Å². The van der Waals surface area contributed by atoms with Crippen molar-refractivity contribution in [1.29, 1.82) is 0 Å². The molecule has 2 nitrogen and oxygen atoms in total. The molecule has 0 heterocycles. The van der Waals surface area contributed by atoms with Crippen LogP contribution < -0.4 is 0 Å². The van der Waals surface area contributed by atoms with E-state index in [1.807, 2.05) is 24.3 Å². The maximum atomic E-state index is 14.1. The molecule has 26 heavy (non-hydrogen) atoms. The molecule has 0 aliphatic carbocycles. The second-order valence-corrected chi connectivity index (χ2v) is 6.50. The Morgan fingerprint density at radius 2 is 1.31 bits per heavy atom. The second kappa shape index (κ2) is 9.16. The Kier molecular flexibility index (Phi) is 6.39. The summed E-state index contributed by atoms with van der Waals surface area (Å²) in [6, 6.07) is 25.6. The van der Waals surface area contributed by atoms with E-state index in [9.17, 15) is 9.50 Å². The molecule has 3 aromatic carbocycles. The van der Waals surface area contributed by atoms with Crippen molar-refractivity contribution >= 4 is 0 Å². The number of nitrogens with zero attached hydrogens (tertiary/aromatic N) is 1. The minimum Gasteiger partial charge on any atom is -0.505 e. The fourth-order valence-electron chi connectivity index (χ4n) is 3.08. The maximum absolute atomic E-state index is 14.1. The molecular formula is C23H24FNO. The van der Waals surface area contributed by atoms with Crippen LogP contribution in [0.4, 0.5) is 4.39 Å². The summed E-state index contributed by atoms with van der Waals surface area (Å²) in [6.45, 7) is 2.47. The van der Waals surface area contributed by atoms with E-state index in [4.69, 9.17) is 0 Å². The van der Waals surface area contributed by atoms with E-state index in [1.54, 1.807) is 12.1 Å². The van der Waals surface area contributed by atoms with Gasteiger partial charge in [-0.1, -0.05) is 72.8 Å². The molecule has 0 saturated carbocycles. The number of phenols is 1. The van der Waals surface area contributed by atoms with E-state index in [-0.39, 0.29) is 5.75 Å². The first-order valence-electron chi connectivity index (χ1n) is 8.99. The molecule has 0 aliphatic heterocycles. The average Bonchev–Trinajstić information content (AvgIpc) is 2.68. The van der Waals surface area contributed by atoms with Crippen LogP contribution in [0.2, 0.25) is 0 Å². The standard InChI is InChI=1S/C23H24FNO/c24-23-21(12-7-13-22(23)26)15-17-25(18-20-10-5-2-6-11-20)16-14-19-8-3-1-4-9-19/h1-13,26H,14-18H2. The van der Waals surface area contributed by atoms with Crippen LogP contribution in [0.15, 0.2) is 78.9 Å². The Balaban J connectivity index is 1.66. The van der Waals surface area contributed by atoms with E-state index in [1.165, 1.54) is 17.2 Å². The first-order chi connectivity index (χ1) is 12.7. The van der Waals surface area contributed by atoms with Crippen LogP contribution in [0.3, 0.4) is 0 Å². The summed E-state index contributed by atoms with van der Waals surface area (Å²) in [7, 11) is 0. The first kappa shape index (κ1) is 18.2. The fourth-order valence-corrected chi connectivity index (χ4v) is 3.08. The Morgan fingerprint density at radius 3 is 2.00 bits per heavy atom. The normalized spacial score (nSPS) is 11.0. The van der Waals surface area contributed by atoms with E-state index < -0.39 is 5.82 Å². The van der Waals surface area contributed by atoms with Crippen LogP contribution in [0.1, 0.15) is 16.7 Å². The van der Waals surface area contributed by atoms with Gasteiger partial charge in [0.25, 0.3) is 0 Å². The van der Waals surface area contributed by atoms with Crippen molar-refractivity contribution in [3.8, 4) is 5.75 Å². The molecule has 3 heteroatoms. The Hall–Kier alpha value is -2.65. The summed E-state index contributed by atoms with van der Waals surface area (Å²) in [4.78, 5) is 2.34. The predicted molar refractivity (Wildman–Crippen MR) is 104 cm³/mol. The van der Waals surface area contributed by atoms with Crippen LogP contribution in [0.5, 0.6) is 5.75 Å². The first-order valence-corrected chi connectivity index (χ1v) is 8.99. The lowest BCUT2D eigenvalue weighted by atomic mass is 10.1. The SMILES string of the molecule is Oc1cccc(CCN(CCc2ccccc2)Cc2ccccc2)c1F. The van der Waals surface area contributed by atoms with Crippen molar-refractivity contribution in [2.45, 2.75) is 19.4 Å². The third-order valence-electron chi connectivity index (χ3n) is 4.56. The van der Waals surface area contributed by atoms with Gasteiger partial charge in [0.1, 0.15) is 0 Å². The molecule has 0 fully saturated rings. The smallest absolute Gasteiger partial charge is 0.168 e. The van der Waals surface area contributed by atoms with Gasteiger partial charge in [-0.05, 0) is 35.6 Å². The summed E-state index contributed by atoms with van der Waals surface area (Å²) >= 11 is 0. The van der Waals surface area contributed by atoms with Crippen LogP contribution in [0, 0.1) is 5.82 Å². The Labute approximate surface area is 154 Å². The number of hydrogen-bond donors (Lipinski definition) is 1. The van der Waals surface area contributed by atoms with Crippen molar-refractivity contribution < 1.29 is 9.50 Å². The van der Waals surface area contributed by atoms with Crippen molar-refractivity contribution in [1.82, 2.24) is 4.90 Å². The van der Waals surface area contributed by atoms with Gasteiger partial charge in [-0.15, -0.1) is 0 Å². The molecule has 0 atom stereocenters. The molecule has 134 valence electrons. The second-order valence-electron chi connectivity index (χ2n) is 6.50. The Morgan fingerprint density at radius 1 is 0.692 bits per heavy atom. The molecule has 3 aromatic rings. The maximum Gasteiger partial charge on any atom is 0.168 e. The van der Waals surface area contributed by atoms with Crippen LogP contribution >= 0.6 is 0 Å². The highest BCUT2D eigenvalue weighted by atomic mass is 19.1. The van der Waals surface area contributed by atoms with Crippen molar-refractivity contribution in [2.75, 3.05) is 13.1 Å². The highest BCUT2D eigenvalue weighted by molar-refractivity contribution is 5.30. The lowest BCUT2D eigenvalue weighted by Gasteiger charge is -2.23. The predicted octanol–water partition coefficient (Wildman–Crippen LogP) is 4.82. The summed E-state index contributed by atoms with van der Waals surface area (Å²) in [5.41, 5.74) is 3.11. The third-order valence-corrected chi connectivity index (χ3v) is 4.56. The van der Waals surface area contributed by atoms with Gasteiger partial charge < -0.3 is 5.11 Å². The zero-order valence-corrected chi connectivity index (χ0v) is 14.8. The molecule has 0 aromatic heterocycles. The zero-order chi connectivity index (χ0) is 18.2. The molecule has 0 saturated heterocycles. The molecule has 0 spiro atoms.